The predicted molar refractivity (Wildman–Crippen MR) is 50.2 cm³/mol. The SMILES string of the molecule is N[C@H]1CCOc2c(OC(F)(F)F)cccc21. The highest BCUT2D eigenvalue weighted by Crippen LogP contribution is 2.40. The first kappa shape index (κ1) is 11.1. The average Bonchev–Trinajstić information content (AvgIpc) is 2.17. The van der Waals surface area contributed by atoms with Gasteiger partial charge in [0.15, 0.2) is 11.5 Å². The highest BCUT2D eigenvalue weighted by molar-refractivity contribution is 5.49. The van der Waals surface area contributed by atoms with Gasteiger partial charge in [-0.1, -0.05) is 12.1 Å². The third kappa shape index (κ3) is 2.21. The van der Waals surface area contributed by atoms with Gasteiger partial charge in [0.05, 0.1) is 6.61 Å². The summed E-state index contributed by atoms with van der Waals surface area (Å²) >= 11 is 0. The zero-order valence-corrected chi connectivity index (χ0v) is 8.25. The Morgan fingerprint density at radius 1 is 1.38 bits per heavy atom. The van der Waals surface area contributed by atoms with Crippen LogP contribution in [0.15, 0.2) is 18.2 Å². The van der Waals surface area contributed by atoms with E-state index in [0.717, 1.165) is 0 Å². The highest BCUT2D eigenvalue weighted by Gasteiger charge is 2.34. The van der Waals surface area contributed by atoms with Crippen LogP contribution in [0.4, 0.5) is 13.2 Å². The molecule has 0 spiro atoms. The first-order valence-electron chi connectivity index (χ1n) is 4.74. The van der Waals surface area contributed by atoms with E-state index in [9.17, 15) is 13.2 Å². The zero-order chi connectivity index (χ0) is 11.8. The molecule has 0 unspecified atom stereocenters. The van der Waals surface area contributed by atoms with Gasteiger partial charge in [0.25, 0.3) is 0 Å². The van der Waals surface area contributed by atoms with Crippen LogP contribution in [0, 0.1) is 0 Å². The van der Waals surface area contributed by atoms with Crippen LogP contribution in [-0.2, 0) is 0 Å². The monoisotopic (exact) mass is 233 g/mol. The molecule has 0 fully saturated rings. The molecule has 0 radical (unpaired) electrons. The van der Waals surface area contributed by atoms with Gasteiger partial charge in [-0.15, -0.1) is 13.2 Å². The molecule has 2 rings (SSSR count). The molecular formula is C10H10F3NO2. The molecule has 0 amide bonds. The summed E-state index contributed by atoms with van der Waals surface area (Å²) < 4.78 is 45.3. The number of halogens is 3. The third-order valence-electron chi connectivity index (χ3n) is 2.31. The maximum Gasteiger partial charge on any atom is 0.573 e. The number of alkyl halides is 3. The summed E-state index contributed by atoms with van der Waals surface area (Å²) in [5.74, 6) is -0.237. The van der Waals surface area contributed by atoms with Gasteiger partial charge in [-0.25, -0.2) is 0 Å². The molecule has 0 saturated heterocycles. The van der Waals surface area contributed by atoms with Crippen molar-refractivity contribution in [2.75, 3.05) is 6.61 Å². The Morgan fingerprint density at radius 3 is 2.81 bits per heavy atom. The maximum absolute atomic E-state index is 12.1. The van der Waals surface area contributed by atoms with E-state index in [1.54, 1.807) is 6.07 Å². The summed E-state index contributed by atoms with van der Waals surface area (Å²) in [6, 6.07) is 4.02. The maximum atomic E-state index is 12.1. The quantitative estimate of drug-likeness (QED) is 0.809. The normalized spacial score (nSPS) is 19.9. The van der Waals surface area contributed by atoms with Crippen LogP contribution in [0.2, 0.25) is 0 Å². The second-order valence-electron chi connectivity index (χ2n) is 3.47. The highest BCUT2D eigenvalue weighted by atomic mass is 19.4. The smallest absolute Gasteiger partial charge is 0.489 e. The molecule has 1 aromatic carbocycles. The minimum atomic E-state index is -4.72. The second kappa shape index (κ2) is 3.86. The van der Waals surface area contributed by atoms with Crippen LogP contribution in [0.1, 0.15) is 18.0 Å². The fraction of sp³-hybridized carbons (Fsp3) is 0.400. The van der Waals surface area contributed by atoms with Crippen molar-refractivity contribution < 1.29 is 22.6 Å². The number of hydrogen-bond acceptors (Lipinski definition) is 3. The molecule has 6 heteroatoms. The van der Waals surface area contributed by atoms with Crippen LogP contribution in [-0.4, -0.2) is 13.0 Å². The summed E-state index contributed by atoms with van der Waals surface area (Å²) in [7, 11) is 0. The minimum absolute atomic E-state index is 0.0959. The van der Waals surface area contributed by atoms with Crippen LogP contribution in [0.3, 0.4) is 0 Å². The Balaban J connectivity index is 2.36. The Kier molecular flexibility index (Phi) is 2.67. The topological polar surface area (TPSA) is 44.5 Å². The molecule has 3 nitrogen and oxygen atoms in total. The molecule has 0 bridgehead atoms. The van der Waals surface area contributed by atoms with Crippen molar-refractivity contribution in [1.82, 2.24) is 0 Å². The fourth-order valence-corrected chi connectivity index (χ4v) is 1.63. The van der Waals surface area contributed by atoms with Gasteiger partial charge >= 0.3 is 6.36 Å². The molecule has 0 saturated carbocycles. The van der Waals surface area contributed by atoms with E-state index in [0.29, 0.717) is 18.6 Å². The Labute approximate surface area is 89.9 Å². The van der Waals surface area contributed by atoms with Gasteiger partial charge in [0.2, 0.25) is 0 Å². The van der Waals surface area contributed by atoms with E-state index in [1.807, 2.05) is 0 Å². The molecule has 16 heavy (non-hydrogen) atoms. The number of benzene rings is 1. The van der Waals surface area contributed by atoms with Crippen molar-refractivity contribution in [3.63, 3.8) is 0 Å². The molecule has 1 aromatic rings. The molecule has 2 N–H and O–H groups in total. The van der Waals surface area contributed by atoms with Crippen molar-refractivity contribution >= 4 is 0 Å². The van der Waals surface area contributed by atoms with Crippen molar-refractivity contribution in [1.29, 1.82) is 0 Å². The van der Waals surface area contributed by atoms with Crippen molar-refractivity contribution in [3.8, 4) is 11.5 Å². The molecule has 1 heterocycles. The minimum Gasteiger partial charge on any atom is -0.489 e. The van der Waals surface area contributed by atoms with Crippen LogP contribution >= 0.6 is 0 Å². The predicted octanol–water partition coefficient (Wildman–Crippen LogP) is 2.37. The van der Waals surface area contributed by atoms with E-state index in [1.165, 1.54) is 12.1 Å². The lowest BCUT2D eigenvalue weighted by molar-refractivity contribution is -0.275. The van der Waals surface area contributed by atoms with Crippen molar-refractivity contribution in [3.05, 3.63) is 23.8 Å². The summed E-state index contributed by atoms with van der Waals surface area (Å²) in [6.45, 7) is 0.298. The Morgan fingerprint density at radius 2 is 2.12 bits per heavy atom. The lowest BCUT2D eigenvalue weighted by atomic mass is 10.0. The van der Waals surface area contributed by atoms with Crippen LogP contribution < -0.4 is 15.2 Å². The molecule has 1 aliphatic heterocycles. The number of hydrogen-bond donors (Lipinski definition) is 1. The number of nitrogens with two attached hydrogens (primary N) is 1. The molecule has 1 atom stereocenters. The summed E-state index contributed by atoms with van der Waals surface area (Å²) in [6.07, 6.45) is -4.14. The first-order chi connectivity index (χ1) is 7.47. The molecule has 88 valence electrons. The standard InChI is InChI=1S/C10H10F3NO2/c11-10(12,13)16-8-3-1-2-6-7(14)4-5-15-9(6)8/h1-3,7H,4-5,14H2/t7-/m0/s1. The lowest BCUT2D eigenvalue weighted by Gasteiger charge is -2.25. The van der Waals surface area contributed by atoms with E-state index in [2.05, 4.69) is 4.74 Å². The Hall–Kier alpha value is -1.43. The van der Waals surface area contributed by atoms with Gasteiger partial charge in [-0.2, -0.15) is 0 Å². The molecular weight excluding hydrogens is 223 g/mol. The van der Waals surface area contributed by atoms with Gasteiger partial charge in [0, 0.05) is 18.0 Å². The van der Waals surface area contributed by atoms with Crippen LogP contribution in [0.25, 0.3) is 0 Å². The van der Waals surface area contributed by atoms with Crippen LogP contribution in [0.5, 0.6) is 11.5 Å². The fourth-order valence-electron chi connectivity index (χ4n) is 1.63. The van der Waals surface area contributed by atoms with Gasteiger partial charge in [0.1, 0.15) is 0 Å². The van der Waals surface area contributed by atoms with E-state index >= 15 is 0 Å². The average molecular weight is 233 g/mol. The molecule has 0 aromatic heterocycles. The summed E-state index contributed by atoms with van der Waals surface area (Å²) in [5.41, 5.74) is 6.31. The van der Waals surface area contributed by atoms with E-state index in [4.69, 9.17) is 10.5 Å². The Bertz CT molecular complexity index is 392. The van der Waals surface area contributed by atoms with E-state index < -0.39 is 6.36 Å². The second-order valence-corrected chi connectivity index (χ2v) is 3.47. The lowest BCUT2D eigenvalue weighted by Crippen LogP contribution is -2.23. The summed E-state index contributed by atoms with van der Waals surface area (Å²) in [5, 5.41) is 0. The van der Waals surface area contributed by atoms with Gasteiger partial charge < -0.3 is 15.2 Å². The number of ether oxygens (including phenoxy) is 2. The molecule has 1 aliphatic rings. The number of fused-ring (bicyclic) bond motifs is 1. The molecule has 0 aliphatic carbocycles. The largest absolute Gasteiger partial charge is 0.573 e. The number of rotatable bonds is 1. The zero-order valence-electron chi connectivity index (χ0n) is 8.25. The summed E-state index contributed by atoms with van der Waals surface area (Å²) in [4.78, 5) is 0. The number of para-hydroxylation sites is 1. The van der Waals surface area contributed by atoms with E-state index in [-0.39, 0.29) is 17.5 Å². The van der Waals surface area contributed by atoms with Gasteiger partial charge in [-0.05, 0) is 6.07 Å². The van der Waals surface area contributed by atoms with Crippen molar-refractivity contribution in [2.45, 2.75) is 18.8 Å². The van der Waals surface area contributed by atoms with Gasteiger partial charge in [-0.3, -0.25) is 0 Å². The first-order valence-corrected chi connectivity index (χ1v) is 4.74. The van der Waals surface area contributed by atoms with Crippen molar-refractivity contribution in [2.24, 2.45) is 5.73 Å². The third-order valence-corrected chi connectivity index (χ3v) is 2.31.